The minimum atomic E-state index is -0.0823. The maximum Gasteiger partial charge on any atom is 0.0657 e. The molecule has 44 heavy (non-hydrogen) atoms. The Hall–Kier alpha value is -2.16. The fraction of sp³-hybridized carbons (Fsp3) is 0.619. The van der Waals surface area contributed by atoms with Crippen LogP contribution in [0.3, 0.4) is 0 Å². The lowest BCUT2D eigenvalue weighted by atomic mass is 10.00. The van der Waals surface area contributed by atoms with Crippen molar-refractivity contribution in [1.82, 2.24) is 0 Å². The Kier molecular flexibility index (Phi) is 22.9. The van der Waals surface area contributed by atoms with Crippen molar-refractivity contribution in [3.63, 3.8) is 0 Å². The Balaban J connectivity index is 4.30. The van der Waals surface area contributed by atoms with Crippen molar-refractivity contribution in [2.24, 2.45) is 35.5 Å². The molecule has 0 fully saturated rings. The third-order valence-electron chi connectivity index (χ3n) is 8.03. The van der Waals surface area contributed by atoms with Crippen molar-refractivity contribution >= 4 is 0 Å². The Morgan fingerprint density at radius 2 is 0.705 bits per heavy atom. The average molecular weight is 607 g/mol. The van der Waals surface area contributed by atoms with E-state index in [0.29, 0.717) is 35.5 Å². The summed E-state index contributed by atoms with van der Waals surface area (Å²) in [5.74, 6) is 3.09. The van der Waals surface area contributed by atoms with E-state index in [0.717, 1.165) is 38.5 Å². The predicted molar refractivity (Wildman–Crippen MR) is 198 cm³/mol. The molecule has 0 saturated carbocycles. The second-order valence-electron chi connectivity index (χ2n) is 14.2. The van der Waals surface area contributed by atoms with Gasteiger partial charge >= 0.3 is 0 Å². The fourth-order valence-electron chi connectivity index (χ4n) is 4.32. The molecule has 2 heteroatoms. The van der Waals surface area contributed by atoms with Gasteiger partial charge < -0.3 is 9.47 Å². The molecule has 250 valence electrons. The minimum absolute atomic E-state index is 0.0805. The van der Waals surface area contributed by atoms with Gasteiger partial charge in [-0.2, -0.15) is 0 Å². The summed E-state index contributed by atoms with van der Waals surface area (Å²) >= 11 is 0. The summed E-state index contributed by atoms with van der Waals surface area (Å²) in [4.78, 5) is 0. The molecule has 0 spiro atoms. The standard InChI is InChI=1S/C42H70O2/c1-35(23-15-25-37(3)27-17-29-39(5)31-19-33-41(7,8)43-11)21-13-14-22-36(2)24-16-26-38(4)28-18-30-40(6)32-20-34-42(9,10)44-12/h13-23,26-28,31-32,35-40H,24-25,29-30,33-34H2,1-12H3/b21-13+,22-14+,23-15+,26-16+,27-17+,28-18+,31-19+,32-20+. The third-order valence-corrected chi connectivity index (χ3v) is 8.03. The quantitative estimate of drug-likeness (QED) is 0.0851. The van der Waals surface area contributed by atoms with Gasteiger partial charge in [0.1, 0.15) is 0 Å². The average Bonchev–Trinajstić information content (AvgIpc) is 2.95. The zero-order chi connectivity index (χ0) is 33.4. The summed E-state index contributed by atoms with van der Waals surface area (Å²) in [6.45, 7) is 22.1. The van der Waals surface area contributed by atoms with Crippen molar-refractivity contribution in [3.05, 3.63) is 97.2 Å². The normalized spacial score (nSPS) is 18.4. The maximum absolute atomic E-state index is 5.48. The van der Waals surface area contributed by atoms with Crippen molar-refractivity contribution in [3.8, 4) is 0 Å². The van der Waals surface area contributed by atoms with Crippen LogP contribution in [0.15, 0.2) is 97.2 Å². The van der Waals surface area contributed by atoms with E-state index in [4.69, 9.17) is 9.47 Å². The Morgan fingerprint density at radius 1 is 0.409 bits per heavy atom. The first-order chi connectivity index (χ1) is 20.7. The maximum atomic E-state index is 5.48. The van der Waals surface area contributed by atoms with Gasteiger partial charge in [-0.1, -0.05) is 139 Å². The summed E-state index contributed by atoms with van der Waals surface area (Å²) in [6, 6.07) is 0. The highest BCUT2D eigenvalue weighted by Gasteiger charge is 2.14. The van der Waals surface area contributed by atoms with Crippen LogP contribution in [0.25, 0.3) is 0 Å². The van der Waals surface area contributed by atoms with Crippen LogP contribution >= 0.6 is 0 Å². The molecule has 0 bridgehead atoms. The molecule has 0 rings (SSSR count). The SMILES string of the molecule is COC(C)(C)C/C=C/C(C)C/C=C/C(C)/C=C/CC(C)/C=C/C=C/C(C)/C=C/CC(C)/C=C/CC(C)/C=C/CC(C)(C)OC. The van der Waals surface area contributed by atoms with Crippen LogP contribution in [0.5, 0.6) is 0 Å². The molecule has 0 radical (unpaired) electrons. The summed E-state index contributed by atoms with van der Waals surface area (Å²) in [5.41, 5.74) is -0.163. The molecule has 0 aromatic carbocycles. The van der Waals surface area contributed by atoms with E-state index >= 15 is 0 Å². The number of ether oxygens (including phenoxy) is 2. The molecule has 0 N–H and O–H groups in total. The molecule has 0 aliphatic heterocycles. The number of hydrogen-bond donors (Lipinski definition) is 0. The highest BCUT2D eigenvalue weighted by molar-refractivity contribution is 5.10. The monoisotopic (exact) mass is 607 g/mol. The molecule has 0 aromatic rings. The van der Waals surface area contributed by atoms with Gasteiger partial charge in [-0.3, -0.25) is 0 Å². The van der Waals surface area contributed by atoms with Gasteiger partial charge in [0.25, 0.3) is 0 Å². The van der Waals surface area contributed by atoms with E-state index in [1.165, 1.54) is 0 Å². The van der Waals surface area contributed by atoms with Gasteiger partial charge in [0.05, 0.1) is 11.2 Å². The molecular formula is C42H70O2. The van der Waals surface area contributed by atoms with Gasteiger partial charge in [0, 0.05) is 14.2 Å². The highest BCUT2D eigenvalue weighted by Crippen LogP contribution is 2.17. The predicted octanol–water partition coefficient (Wildman–Crippen LogP) is 12.4. The smallest absolute Gasteiger partial charge is 0.0657 e. The third kappa shape index (κ3) is 25.2. The lowest BCUT2D eigenvalue weighted by molar-refractivity contribution is 0.0251. The minimum Gasteiger partial charge on any atom is -0.378 e. The van der Waals surface area contributed by atoms with Gasteiger partial charge in [-0.15, -0.1) is 0 Å². The van der Waals surface area contributed by atoms with Gasteiger partial charge in [0.2, 0.25) is 0 Å². The molecule has 0 heterocycles. The van der Waals surface area contributed by atoms with E-state index in [9.17, 15) is 0 Å². The molecule has 0 aromatic heterocycles. The number of hydrogen-bond acceptors (Lipinski definition) is 2. The number of rotatable bonds is 23. The van der Waals surface area contributed by atoms with Gasteiger partial charge in [-0.05, 0) is 102 Å². The van der Waals surface area contributed by atoms with Crippen molar-refractivity contribution in [2.45, 2.75) is 119 Å². The zero-order valence-corrected chi connectivity index (χ0v) is 30.8. The van der Waals surface area contributed by atoms with Crippen LogP contribution in [0.2, 0.25) is 0 Å². The number of allylic oxidation sites excluding steroid dienone is 14. The van der Waals surface area contributed by atoms with Crippen LogP contribution in [0.1, 0.15) is 108 Å². The van der Waals surface area contributed by atoms with Crippen LogP contribution in [-0.2, 0) is 9.47 Å². The first-order valence-corrected chi connectivity index (χ1v) is 17.1. The molecule has 2 nitrogen and oxygen atoms in total. The van der Waals surface area contributed by atoms with Crippen molar-refractivity contribution in [1.29, 1.82) is 0 Å². The fourth-order valence-corrected chi connectivity index (χ4v) is 4.32. The Morgan fingerprint density at radius 3 is 1.09 bits per heavy atom. The van der Waals surface area contributed by atoms with E-state index in [2.05, 4.69) is 166 Å². The van der Waals surface area contributed by atoms with E-state index in [-0.39, 0.29) is 11.2 Å². The van der Waals surface area contributed by atoms with E-state index in [1.807, 2.05) is 0 Å². The second kappa shape index (κ2) is 24.1. The molecule has 0 aliphatic carbocycles. The number of methoxy groups -OCH3 is 2. The van der Waals surface area contributed by atoms with Crippen LogP contribution in [0, 0.1) is 35.5 Å². The van der Waals surface area contributed by atoms with Crippen LogP contribution in [0.4, 0.5) is 0 Å². The molecule has 0 aliphatic rings. The highest BCUT2D eigenvalue weighted by atomic mass is 16.5. The van der Waals surface area contributed by atoms with E-state index in [1.54, 1.807) is 14.2 Å². The second-order valence-corrected chi connectivity index (χ2v) is 14.2. The van der Waals surface area contributed by atoms with Crippen molar-refractivity contribution < 1.29 is 9.47 Å². The van der Waals surface area contributed by atoms with E-state index < -0.39 is 0 Å². The zero-order valence-electron chi connectivity index (χ0n) is 30.8. The summed E-state index contributed by atoms with van der Waals surface area (Å²) in [5, 5.41) is 0. The Labute approximate surface area is 274 Å². The summed E-state index contributed by atoms with van der Waals surface area (Å²) in [6.07, 6.45) is 42.9. The van der Waals surface area contributed by atoms with Crippen LogP contribution < -0.4 is 0 Å². The molecule has 0 amide bonds. The lowest BCUT2D eigenvalue weighted by Gasteiger charge is -2.20. The molecule has 6 atom stereocenters. The molecular weight excluding hydrogens is 536 g/mol. The summed E-state index contributed by atoms with van der Waals surface area (Å²) in [7, 11) is 3.56. The topological polar surface area (TPSA) is 18.5 Å². The van der Waals surface area contributed by atoms with Gasteiger partial charge in [0.15, 0.2) is 0 Å². The Bertz CT molecular complexity index is 952. The largest absolute Gasteiger partial charge is 0.378 e. The molecule has 6 unspecified atom stereocenters. The van der Waals surface area contributed by atoms with Crippen molar-refractivity contribution in [2.75, 3.05) is 14.2 Å². The summed E-state index contributed by atoms with van der Waals surface area (Å²) < 4.78 is 11.0. The van der Waals surface area contributed by atoms with Gasteiger partial charge in [-0.25, -0.2) is 0 Å². The van der Waals surface area contributed by atoms with Crippen LogP contribution in [-0.4, -0.2) is 25.4 Å². The molecule has 0 saturated heterocycles. The first kappa shape index (κ1) is 41.8. The lowest BCUT2D eigenvalue weighted by Crippen LogP contribution is -2.20. The first-order valence-electron chi connectivity index (χ1n) is 17.1.